The molecule has 222 valence electrons. The van der Waals surface area contributed by atoms with Crippen LogP contribution in [-0.4, -0.2) is 79.7 Å². The van der Waals surface area contributed by atoms with Crippen LogP contribution in [0, 0.1) is 16.7 Å². The Hall–Kier alpha value is -4.24. The first-order valence-corrected chi connectivity index (χ1v) is 13.9. The summed E-state index contributed by atoms with van der Waals surface area (Å²) in [6.45, 7) is 9.11. The van der Waals surface area contributed by atoms with E-state index in [4.69, 9.17) is 4.74 Å². The molecular weight excluding hydrogens is 541 g/mol. The van der Waals surface area contributed by atoms with Crippen LogP contribution in [-0.2, 0) is 4.74 Å². The number of carbonyl (C=O) groups is 2. The third kappa shape index (κ3) is 6.01. The highest BCUT2D eigenvalue weighted by molar-refractivity contribution is 6.00. The minimum atomic E-state index is -1.65. The van der Waals surface area contributed by atoms with Gasteiger partial charge in [-0.3, -0.25) is 9.78 Å². The van der Waals surface area contributed by atoms with Crippen LogP contribution in [0.15, 0.2) is 36.7 Å². The monoisotopic (exact) mass is 577 g/mol. The second-order valence-electron chi connectivity index (χ2n) is 12.9. The number of amides is 2. The predicted molar refractivity (Wildman–Crippen MR) is 154 cm³/mol. The van der Waals surface area contributed by atoms with Crippen molar-refractivity contribution in [3.05, 3.63) is 47.8 Å². The summed E-state index contributed by atoms with van der Waals surface area (Å²) in [4.78, 5) is 31.8. The number of alkyl halides is 1. The number of hydrogen-bond donors (Lipinski definition) is 3. The van der Waals surface area contributed by atoms with Gasteiger partial charge in [0.05, 0.1) is 52.1 Å². The summed E-state index contributed by atoms with van der Waals surface area (Å²) in [5.41, 5.74) is 1.04. The van der Waals surface area contributed by atoms with Crippen LogP contribution < -0.4 is 10.6 Å². The number of aliphatic hydroxyl groups is 1. The van der Waals surface area contributed by atoms with Crippen molar-refractivity contribution in [2.24, 2.45) is 5.41 Å². The van der Waals surface area contributed by atoms with Gasteiger partial charge in [-0.2, -0.15) is 10.4 Å². The smallest absolute Gasteiger partial charge is 0.410 e. The molecule has 3 N–H and O–H groups in total. The Balaban J connectivity index is 1.34. The molecule has 2 fully saturated rings. The van der Waals surface area contributed by atoms with E-state index >= 15 is 0 Å². The van der Waals surface area contributed by atoms with E-state index in [1.54, 1.807) is 21.5 Å². The van der Waals surface area contributed by atoms with E-state index in [2.05, 4.69) is 26.8 Å². The van der Waals surface area contributed by atoms with Crippen molar-refractivity contribution in [1.82, 2.24) is 24.8 Å². The van der Waals surface area contributed by atoms with Crippen molar-refractivity contribution in [2.75, 3.05) is 25.0 Å². The number of nitrogens with one attached hydrogen (secondary N) is 2. The fraction of sp³-hybridized carbons (Fsp3) is 0.500. The van der Waals surface area contributed by atoms with E-state index in [0.717, 1.165) is 18.4 Å². The quantitative estimate of drug-likeness (QED) is 0.383. The molecule has 1 aliphatic heterocycles. The van der Waals surface area contributed by atoms with E-state index in [1.807, 2.05) is 32.9 Å². The number of nitrogens with zero attached hydrogens (tertiary/aromatic N) is 5. The maximum atomic E-state index is 14.4. The van der Waals surface area contributed by atoms with Gasteiger partial charge in [-0.05, 0) is 71.7 Å². The normalized spacial score (nSPS) is 17.2. The van der Waals surface area contributed by atoms with Crippen molar-refractivity contribution >= 4 is 23.2 Å². The number of ether oxygens (including phenoxy) is 1. The minimum absolute atomic E-state index is 0.0150. The van der Waals surface area contributed by atoms with E-state index in [0.29, 0.717) is 35.7 Å². The van der Waals surface area contributed by atoms with Gasteiger partial charge in [-0.25, -0.2) is 13.7 Å². The Morgan fingerprint density at radius 3 is 2.57 bits per heavy atom. The van der Waals surface area contributed by atoms with Gasteiger partial charge in [0.1, 0.15) is 17.8 Å². The number of pyridine rings is 1. The molecule has 42 heavy (non-hydrogen) atoms. The largest absolute Gasteiger partial charge is 0.444 e. The molecule has 0 bridgehead atoms. The molecule has 1 aliphatic carbocycles. The topological polar surface area (TPSA) is 145 Å². The molecule has 3 aromatic heterocycles. The fourth-order valence-corrected chi connectivity index (χ4v) is 5.46. The number of likely N-dealkylation sites (tertiary alicyclic amines) is 1. The summed E-state index contributed by atoms with van der Waals surface area (Å²) in [7, 11) is 0. The highest BCUT2D eigenvalue weighted by Crippen LogP contribution is 2.49. The van der Waals surface area contributed by atoms with Crippen LogP contribution in [0.4, 0.5) is 14.9 Å². The zero-order valence-electron chi connectivity index (χ0n) is 24.4. The number of nitriles is 1. The molecule has 5 rings (SSSR count). The standard InChI is InChI=1S/C30H36FN7O4/c1-28(2,3)42-27(40)37-16-30(17-37)10-19(11-30)36-22-9-23(24-7-6-20-8-18(12-32)13-35-38(20)24)33-14-21(22)26(39)34-15-25(31)29(4,5)41/h6-9,13-14,19,25,41H,10-11,15-17H2,1-5H3,(H,33,36)(H,34,39). The average Bonchev–Trinajstić information content (AvgIpc) is 3.29. The second kappa shape index (κ2) is 10.5. The third-order valence-electron chi connectivity index (χ3n) is 7.67. The molecule has 1 unspecified atom stereocenters. The van der Waals surface area contributed by atoms with Crippen LogP contribution in [0.5, 0.6) is 0 Å². The lowest BCUT2D eigenvalue weighted by Crippen LogP contribution is -2.66. The van der Waals surface area contributed by atoms with Crippen molar-refractivity contribution in [2.45, 2.75) is 70.9 Å². The van der Waals surface area contributed by atoms with Gasteiger partial charge < -0.3 is 25.4 Å². The van der Waals surface area contributed by atoms with Gasteiger partial charge in [-0.1, -0.05) is 0 Å². The van der Waals surface area contributed by atoms with Crippen LogP contribution in [0.3, 0.4) is 0 Å². The Morgan fingerprint density at radius 1 is 1.21 bits per heavy atom. The van der Waals surface area contributed by atoms with Gasteiger partial charge >= 0.3 is 6.09 Å². The number of rotatable bonds is 7. The zero-order valence-corrected chi connectivity index (χ0v) is 24.4. The number of halogens is 1. The van der Waals surface area contributed by atoms with Crippen molar-refractivity contribution < 1.29 is 23.8 Å². The van der Waals surface area contributed by atoms with E-state index in [1.165, 1.54) is 26.2 Å². The van der Waals surface area contributed by atoms with Crippen LogP contribution in [0.2, 0.25) is 0 Å². The van der Waals surface area contributed by atoms with Crippen LogP contribution >= 0.6 is 0 Å². The van der Waals surface area contributed by atoms with Gasteiger partial charge in [0.25, 0.3) is 5.91 Å². The number of aromatic nitrogens is 3. The first-order chi connectivity index (χ1) is 19.7. The SMILES string of the molecule is CC(C)(C)OC(=O)N1CC2(CC(Nc3cc(-c4ccc5cc(C#N)cnn45)ncc3C(=O)NCC(F)C(C)(C)O)C2)C1. The maximum absolute atomic E-state index is 14.4. The van der Waals surface area contributed by atoms with Gasteiger partial charge in [0.15, 0.2) is 0 Å². The highest BCUT2D eigenvalue weighted by Gasteiger charge is 2.54. The molecule has 12 heteroatoms. The minimum Gasteiger partial charge on any atom is -0.444 e. The van der Waals surface area contributed by atoms with Crippen molar-refractivity contribution in [3.63, 3.8) is 0 Å². The van der Waals surface area contributed by atoms with Gasteiger partial charge in [-0.15, -0.1) is 0 Å². The summed E-state index contributed by atoms with van der Waals surface area (Å²) in [5.74, 6) is -0.519. The van der Waals surface area contributed by atoms with Crippen LogP contribution in [0.1, 0.15) is 63.4 Å². The highest BCUT2D eigenvalue weighted by atomic mass is 19.1. The Kier molecular flexibility index (Phi) is 7.35. The van der Waals surface area contributed by atoms with E-state index in [9.17, 15) is 24.3 Å². The summed E-state index contributed by atoms with van der Waals surface area (Å²) < 4.78 is 21.5. The van der Waals surface area contributed by atoms with E-state index in [-0.39, 0.29) is 29.7 Å². The number of fused-ring (bicyclic) bond motifs is 1. The molecule has 0 aromatic carbocycles. The molecular formula is C30H36FN7O4. The summed E-state index contributed by atoms with van der Waals surface area (Å²) in [6.07, 6.45) is 2.57. The molecule has 1 saturated carbocycles. The zero-order chi connectivity index (χ0) is 30.4. The van der Waals surface area contributed by atoms with Crippen LogP contribution in [0.25, 0.3) is 16.9 Å². The first-order valence-electron chi connectivity index (χ1n) is 13.9. The first kappa shape index (κ1) is 29.3. The number of anilines is 1. The molecule has 3 aromatic rings. The molecule has 0 radical (unpaired) electrons. The predicted octanol–water partition coefficient (Wildman–Crippen LogP) is 3.92. The molecule has 2 aliphatic rings. The van der Waals surface area contributed by atoms with E-state index < -0.39 is 23.3 Å². The molecule has 4 heterocycles. The Bertz CT molecular complexity index is 1550. The molecule has 2 amide bonds. The lowest BCUT2D eigenvalue weighted by atomic mass is 9.60. The fourth-order valence-electron chi connectivity index (χ4n) is 5.46. The number of hydrogen-bond acceptors (Lipinski definition) is 8. The lowest BCUT2D eigenvalue weighted by molar-refractivity contribution is -0.0738. The molecule has 1 saturated heterocycles. The summed E-state index contributed by atoms with van der Waals surface area (Å²) in [6, 6.07) is 9.29. The number of carbonyl (C=O) groups excluding carboxylic acids is 2. The van der Waals surface area contributed by atoms with Gasteiger partial charge in [0, 0.05) is 30.7 Å². The lowest BCUT2D eigenvalue weighted by Gasteiger charge is -2.58. The van der Waals surface area contributed by atoms with Crippen molar-refractivity contribution in [1.29, 1.82) is 5.26 Å². The Labute approximate surface area is 243 Å². The average molecular weight is 578 g/mol. The Morgan fingerprint density at radius 2 is 1.93 bits per heavy atom. The molecule has 11 nitrogen and oxygen atoms in total. The van der Waals surface area contributed by atoms with Crippen molar-refractivity contribution in [3.8, 4) is 17.5 Å². The van der Waals surface area contributed by atoms with Gasteiger partial charge in [0.2, 0.25) is 0 Å². The third-order valence-corrected chi connectivity index (χ3v) is 7.67. The molecule has 1 spiro atoms. The maximum Gasteiger partial charge on any atom is 0.410 e. The molecule has 1 atom stereocenters. The summed E-state index contributed by atoms with van der Waals surface area (Å²) in [5, 5.41) is 29.5. The second-order valence-corrected chi connectivity index (χ2v) is 12.9. The summed E-state index contributed by atoms with van der Waals surface area (Å²) >= 11 is 0.